The highest BCUT2D eigenvalue weighted by Crippen LogP contribution is 2.23. The van der Waals surface area contributed by atoms with Crippen LogP contribution in [0.25, 0.3) is 11.1 Å². The summed E-state index contributed by atoms with van der Waals surface area (Å²) in [5.41, 5.74) is 3.51. The minimum Gasteiger partial charge on any atom is -0.442 e. The van der Waals surface area contributed by atoms with Crippen LogP contribution in [0.2, 0.25) is 0 Å². The number of aliphatic imine (C=N–C) groups is 1. The lowest BCUT2D eigenvalue weighted by Gasteiger charge is -2.27. The lowest BCUT2D eigenvalue weighted by molar-refractivity contribution is 0.0604. The van der Waals surface area contributed by atoms with E-state index in [1.54, 1.807) is 20.8 Å². The molecule has 2 amide bonds. The fourth-order valence-corrected chi connectivity index (χ4v) is 3.78. The highest BCUT2D eigenvalue weighted by molar-refractivity contribution is 7.41. The monoisotopic (exact) mass is 466 g/mol. The Balaban J connectivity index is 1.68. The van der Waals surface area contributed by atoms with Crippen LogP contribution in [0.5, 0.6) is 0 Å². The summed E-state index contributed by atoms with van der Waals surface area (Å²) in [5, 5.41) is 11.7. The molecule has 1 aliphatic rings. The van der Waals surface area contributed by atoms with Crippen molar-refractivity contribution in [3.05, 3.63) is 59.7 Å². The summed E-state index contributed by atoms with van der Waals surface area (Å²) in [7, 11) is 2.41. The molecular weight excluding hydrogens is 435 g/mol. The molecule has 0 saturated carbocycles. The van der Waals surface area contributed by atoms with Crippen LogP contribution in [0.15, 0.2) is 53.5 Å². The largest absolute Gasteiger partial charge is 0.442 e. The zero-order valence-corrected chi connectivity index (χ0v) is 20.5. The highest BCUT2D eigenvalue weighted by atomic mass is 31.0. The van der Waals surface area contributed by atoms with Gasteiger partial charge in [-0.1, -0.05) is 39.6 Å². The third-order valence-electron chi connectivity index (χ3n) is 5.07. The van der Waals surface area contributed by atoms with E-state index < -0.39 is 11.7 Å². The number of carbonyl (C=O) groups is 2. The molecular formula is C25H31N4O3P. The standard InChI is InChI=1S/C25H31N4O3P/c1-25(2,3)32-24(31)28-22(33)16-21(26)20-6-4-5-19(15-20)17-7-9-18(10-8-17)23(30)29-13-11-27-12-14-29/h4-10,15,26-27H,11-14,16,33H2,1-3H3. The highest BCUT2D eigenvalue weighted by Gasteiger charge is 2.18. The van der Waals surface area contributed by atoms with Gasteiger partial charge < -0.3 is 20.4 Å². The van der Waals surface area contributed by atoms with E-state index >= 15 is 0 Å². The molecule has 2 aromatic rings. The Morgan fingerprint density at radius 1 is 1.06 bits per heavy atom. The van der Waals surface area contributed by atoms with Gasteiger partial charge in [0, 0.05) is 49.3 Å². The normalized spacial score (nSPS) is 14.7. The molecule has 174 valence electrons. The molecule has 0 bridgehead atoms. The molecule has 0 spiro atoms. The molecule has 1 heterocycles. The first-order valence-electron chi connectivity index (χ1n) is 11.0. The summed E-state index contributed by atoms with van der Waals surface area (Å²) in [4.78, 5) is 30.3. The molecule has 0 radical (unpaired) electrons. The first-order chi connectivity index (χ1) is 15.6. The van der Waals surface area contributed by atoms with Crippen molar-refractivity contribution in [1.29, 1.82) is 5.41 Å². The number of hydrogen-bond acceptors (Lipinski definition) is 5. The SMILES string of the molecule is CC(C)(C)OC(=O)N=C(P)CC(=N)c1cccc(-c2ccc(C(=O)N3CCNCC3)cc2)c1. The number of nitrogens with zero attached hydrogens (tertiary/aromatic N) is 2. The zero-order valence-electron chi connectivity index (χ0n) is 19.4. The Morgan fingerprint density at radius 3 is 2.36 bits per heavy atom. The van der Waals surface area contributed by atoms with Gasteiger partial charge in [0.05, 0.1) is 0 Å². The summed E-state index contributed by atoms with van der Waals surface area (Å²) in [6.45, 7) is 8.43. The maximum Gasteiger partial charge on any atom is 0.434 e. The average molecular weight is 467 g/mol. The molecule has 33 heavy (non-hydrogen) atoms. The number of nitrogens with one attached hydrogen (secondary N) is 2. The van der Waals surface area contributed by atoms with E-state index in [4.69, 9.17) is 10.1 Å². The van der Waals surface area contributed by atoms with E-state index in [0.29, 0.717) is 16.7 Å². The molecule has 2 aromatic carbocycles. The van der Waals surface area contributed by atoms with Crippen LogP contribution in [-0.4, -0.2) is 59.8 Å². The van der Waals surface area contributed by atoms with Crippen molar-refractivity contribution in [3.63, 3.8) is 0 Å². The third-order valence-corrected chi connectivity index (χ3v) is 5.40. The van der Waals surface area contributed by atoms with Gasteiger partial charge >= 0.3 is 6.09 Å². The maximum atomic E-state index is 12.7. The zero-order chi connectivity index (χ0) is 24.0. The number of amides is 2. The maximum absolute atomic E-state index is 12.7. The van der Waals surface area contributed by atoms with E-state index in [0.717, 1.165) is 42.9 Å². The quantitative estimate of drug-likeness (QED) is 0.506. The lowest BCUT2D eigenvalue weighted by atomic mass is 9.99. The summed E-state index contributed by atoms with van der Waals surface area (Å²) in [6, 6.07) is 15.2. The molecule has 1 unspecified atom stereocenters. The summed E-state index contributed by atoms with van der Waals surface area (Å²) < 4.78 is 5.20. The van der Waals surface area contributed by atoms with Gasteiger partial charge in [-0.3, -0.25) is 4.79 Å². The first kappa shape index (κ1) is 24.7. The van der Waals surface area contributed by atoms with Crippen LogP contribution >= 0.6 is 9.24 Å². The second-order valence-electron chi connectivity index (χ2n) is 8.94. The number of benzene rings is 2. The van der Waals surface area contributed by atoms with Crippen molar-refractivity contribution in [2.75, 3.05) is 26.2 Å². The number of piperazine rings is 1. The van der Waals surface area contributed by atoms with Gasteiger partial charge in [-0.25, -0.2) is 4.79 Å². The number of carbonyl (C=O) groups excluding carboxylic acids is 2. The second-order valence-corrected chi connectivity index (χ2v) is 9.61. The number of rotatable bonds is 5. The number of hydrogen-bond donors (Lipinski definition) is 2. The third kappa shape index (κ3) is 7.31. The molecule has 1 aliphatic heterocycles. The van der Waals surface area contributed by atoms with Gasteiger partial charge in [0.25, 0.3) is 5.91 Å². The topological polar surface area (TPSA) is 94.8 Å². The smallest absolute Gasteiger partial charge is 0.434 e. The van der Waals surface area contributed by atoms with Crippen LogP contribution in [0.4, 0.5) is 4.79 Å². The fraction of sp³-hybridized carbons (Fsp3) is 0.360. The minimum absolute atomic E-state index is 0.0517. The molecule has 0 aromatic heterocycles. The van der Waals surface area contributed by atoms with E-state index in [9.17, 15) is 9.59 Å². The lowest BCUT2D eigenvalue weighted by Crippen LogP contribution is -2.46. The van der Waals surface area contributed by atoms with Crippen LogP contribution in [0, 0.1) is 5.41 Å². The van der Waals surface area contributed by atoms with E-state index in [2.05, 4.69) is 19.5 Å². The Labute approximate surface area is 197 Å². The Kier molecular flexibility index (Phi) is 8.11. The van der Waals surface area contributed by atoms with Crippen LogP contribution in [-0.2, 0) is 4.74 Å². The van der Waals surface area contributed by atoms with Gasteiger partial charge in [-0.2, -0.15) is 4.99 Å². The molecule has 1 fully saturated rings. The Hall–Kier alpha value is -2.89. The summed E-state index contributed by atoms with van der Waals surface area (Å²) in [6.07, 6.45) is -0.449. The molecule has 1 saturated heterocycles. The minimum atomic E-state index is -0.662. The van der Waals surface area contributed by atoms with Crippen molar-refractivity contribution >= 4 is 32.4 Å². The molecule has 1 atom stereocenters. The molecule has 7 nitrogen and oxygen atoms in total. The van der Waals surface area contributed by atoms with E-state index in [1.165, 1.54) is 0 Å². The van der Waals surface area contributed by atoms with Gasteiger partial charge in [-0.15, -0.1) is 0 Å². The predicted molar refractivity (Wildman–Crippen MR) is 135 cm³/mol. The fourth-order valence-electron chi connectivity index (χ4n) is 3.47. The average Bonchev–Trinajstić information content (AvgIpc) is 2.78. The van der Waals surface area contributed by atoms with Crippen LogP contribution in [0.3, 0.4) is 0 Å². The Bertz CT molecular complexity index is 1050. The predicted octanol–water partition coefficient (Wildman–Crippen LogP) is 4.37. The van der Waals surface area contributed by atoms with Crippen LogP contribution < -0.4 is 5.32 Å². The van der Waals surface area contributed by atoms with Crippen molar-refractivity contribution in [1.82, 2.24) is 10.2 Å². The second kappa shape index (κ2) is 10.8. The summed E-state index contributed by atoms with van der Waals surface area (Å²) in [5.74, 6) is 0.0517. The van der Waals surface area contributed by atoms with Gasteiger partial charge in [0.2, 0.25) is 0 Å². The van der Waals surface area contributed by atoms with Crippen LogP contribution in [0.1, 0.15) is 43.1 Å². The van der Waals surface area contributed by atoms with Gasteiger partial charge in [0.15, 0.2) is 0 Å². The molecule has 2 N–H and O–H groups in total. The van der Waals surface area contributed by atoms with Gasteiger partial charge in [0.1, 0.15) is 5.60 Å². The molecule has 8 heteroatoms. The molecule has 3 rings (SSSR count). The van der Waals surface area contributed by atoms with Gasteiger partial charge in [-0.05, 0) is 55.7 Å². The Morgan fingerprint density at radius 2 is 1.73 bits per heavy atom. The summed E-state index contributed by atoms with van der Waals surface area (Å²) >= 11 is 0. The number of ether oxygens (including phenoxy) is 1. The van der Waals surface area contributed by atoms with Crippen molar-refractivity contribution in [2.45, 2.75) is 32.8 Å². The van der Waals surface area contributed by atoms with Crippen molar-refractivity contribution < 1.29 is 14.3 Å². The molecule has 0 aliphatic carbocycles. The van der Waals surface area contributed by atoms with E-state index in [1.807, 2.05) is 53.4 Å². The van der Waals surface area contributed by atoms with Crippen molar-refractivity contribution in [2.24, 2.45) is 4.99 Å². The first-order valence-corrected chi connectivity index (χ1v) is 11.5. The van der Waals surface area contributed by atoms with E-state index in [-0.39, 0.29) is 12.3 Å². The van der Waals surface area contributed by atoms with Crippen molar-refractivity contribution in [3.8, 4) is 11.1 Å².